The van der Waals surface area contributed by atoms with Crippen LogP contribution in [0.5, 0.6) is 0 Å². The van der Waals surface area contributed by atoms with E-state index < -0.39 is 0 Å². The van der Waals surface area contributed by atoms with Crippen LogP contribution in [0.4, 0.5) is 5.69 Å². The number of benzene rings is 1. The Hall–Kier alpha value is -2.46. The molecule has 45 heavy (non-hydrogen) atoms. The van der Waals surface area contributed by atoms with E-state index in [1.807, 2.05) is 32.0 Å². The van der Waals surface area contributed by atoms with E-state index in [2.05, 4.69) is 27.8 Å². The zero-order valence-corrected chi connectivity index (χ0v) is 29.9. The van der Waals surface area contributed by atoms with Crippen LogP contribution in [0.25, 0.3) is 0 Å². The molecule has 0 aliphatic heterocycles. The van der Waals surface area contributed by atoms with Crippen LogP contribution in [0.1, 0.15) is 29.3 Å². The summed E-state index contributed by atoms with van der Waals surface area (Å²) in [6.45, 7) is 12.1. The Labute approximate surface area is 292 Å². The molecule has 0 heterocycles. The number of hydrazone groups is 1. The maximum atomic E-state index is 12.9. The van der Waals surface area contributed by atoms with Gasteiger partial charge in [-0.1, -0.05) is 18.6 Å². The van der Waals surface area contributed by atoms with E-state index in [0.717, 1.165) is 17.9 Å². The molecule has 251 valence electrons. The van der Waals surface area contributed by atoms with Gasteiger partial charge in [0, 0.05) is 77.2 Å². The molecule has 0 aliphatic carbocycles. The number of amides is 2. The molecular weight excluding hydrogens is 661 g/mol. The molecule has 15 heteroatoms. The molecule has 1 rings (SSSR count). The van der Waals surface area contributed by atoms with Crippen molar-refractivity contribution in [2.75, 3.05) is 105 Å². The van der Waals surface area contributed by atoms with Crippen molar-refractivity contribution in [1.29, 1.82) is 0 Å². The maximum Gasteiger partial charge on any atom is 0.252 e. The minimum absolute atomic E-state index is 0. The van der Waals surface area contributed by atoms with Gasteiger partial charge >= 0.3 is 0 Å². The van der Waals surface area contributed by atoms with Crippen LogP contribution in [0.3, 0.4) is 0 Å². The first kappa shape index (κ1) is 42.5. The number of nitrogens with zero attached hydrogens (tertiary/aromatic N) is 3. The minimum atomic E-state index is -0.324. The molecule has 0 bridgehead atoms. The van der Waals surface area contributed by atoms with Gasteiger partial charge < -0.3 is 49.3 Å². The first-order chi connectivity index (χ1) is 21.4. The second-order valence-corrected chi connectivity index (χ2v) is 9.57. The second-order valence-electron chi connectivity index (χ2n) is 9.57. The fourth-order valence-corrected chi connectivity index (χ4v) is 3.67. The van der Waals surface area contributed by atoms with E-state index in [0.29, 0.717) is 83.5 Å². The Morgan fingerprint density at radius 3 is 2.13 bits per heavy atom. The van der Waals surface area contributed by atoms with Crippen molar-refractivity contribution >= 4 is 30.7 Å². The van der Waals surface area contributed by atoms with Gasteiger partial charge in [-0.3, -0.25) is 14.6 Å². The van der Waals surface area contributed by atoms with Crippen LogP contribution < -0.4 is 16.0 Å². The molecule has 0 unspecified atom stereocenters. The number of allylic oxidation sites excluding steroid dienone is 1. The molecule has 0 aliphatic rings. The van der Waals surface area contributed by atoms with E-state index >= 15 is 0 Å². The Balaban J connectivity index is 0.0000194. The van der Waals surface area contributed by atoms with Gasteiger partial charge in [0.25, 0.3) is 5.91 Å². The smallest absolute Gasteiger partial charge is 0.252 e. The molecule has 3 N–H and O–H groups in total. The molecular formula is C30H49N6O8Y-. The maximum absolute atomic E-state index is 12.9. The fourth-order valence-electron chi connectivity index (χ4n) is 3.67. The summed E-state index contributed by atoms with van der Waals surface area (Å²) in [4.78, 5) is 37.1. The van der Waals surface area contributed by atoms with Crippen LogP contribution >= 0.6 is 0 Å². The number of carbonyl (C=O) groups excluding carboxylic acids is 3. The summed E-state index contributed by atoms with van der Waals surface area (Å²) in [7, 11) is 5.66. The molecule has 0 atom stereocenters. The van der Waals surface area contributed by atoms with Gasteiger partial charge in [0.05, 0.1) is 78.2 Å². The fraction of sp³-hybridized carbons (Fsp3) is 0.600. The average molecular weight is 711 g/mol. The Morgan fingerprint density at radius 1 is 0.956 bits per heavy atom. The summed E-state index contributed by atoms with van der Waals surface area (Å²) in [5, 5.41) is 14.4. The summed E-state index contributed by atoms with van der Waals surface area (Å²) in [5.74, 6) is -0.344. The van der Waals surface area contributed by atoms with Crippen molar-refractivity contribution in [1.82, 2.24) is 20.5 Å². The standard InChI is InChI=1S/C30H49N6O8.Y/c1-6-27(22-34-30(39)28-21-26(31-2)8-7-25(28)23-44-24-37)36(32-3)12-14-41-16-18-43-20-19-42-17-15-40-13-9-29(38)33-10-11-35(4)5;/h6-8,21,31H,3,9-20,22-23H2,1-2,4-5H3,(H,33,38)(H,34,39);/q-1;/b27-6-;. The van der Waals surface area contributed by atoms with E-state index in [1.165, 1.54) is 6.47 Å². The largest absolute Gasteiger partial charge is 0.650 e. The third kappa shape index (κ3) is 20.3. The van der Waals surface area contributed by atoms with Gasteiger partial charge in [0.15, 0.2) is 0 Å². The van der Waals surface area contributed by atoms with Gasteiger partial charge in [0.1, 0.15) is 0 Å². The predicted molar refractivity (Wildman–Crippen MR) is 168 cm³/mol. The van der Waals surface area contributed by atoms with Crippen molar-refractivity contribution in [3.05, 3.63) is 41.1 Å². The first-order valence-corrected chi connectivity index (χ1v) is 14.6. The molecule has 0 saturated carbocycles. The normalized spacial score (nSPS) is 11.0. The zero-order chi connectivity index (χ0) is 32.4. The van der Waals surface area contributed by atoms with Crippen molar-refractivity contribution in [2.24, 2.45) is 5.10 Å². The van der Waals surface area contributed by atoms with Gasteiger partial charge in [-0.05, 0) is 38.7 Å². The first-order valence-electron chi connectivity index (χ1n) is 14.6. The third-order valence-electron chi connectivity index (χ3n) is 6.11. The molecule has 1 radical (unpaired) electrons. The van der Waals surface area contributed by atoms with Crippen LogP contribution in [0.15, 0.2) is 35.1 Å². The third-order valence-corrected chi connectivity index (χ3v) is 6.11. The molecule has 2 amide bonds. The van der Waals surface area contributed by atoms with E-state index in [1.54, 1.807) is 30.3 Å². The van der Waals surface area contributed by atoms with E-state index in [-0.39, 0.29) is 57.7 Å². The van der Waals surface area contributed by atoms with Crippen LogP contribution in [-0.2, 0) is 72.6 Å². The van der Waals surface area contributed by atoms with Crippen LogP contribution in [0.2, 0.25) is 0 Å². The molecule has 1 aromatic carbocycles. The number of carbonyl (C=O) groups is 2. The second kappa shape index (κ2) is 27.8. The summed E-state index contributed by atoms with van der Waals surface area (Å²) in [6, 6.07) is 5.20. The number of hydrogen-bond acceptors (Lipinski definition) is 12. The molecule has 0 fully saturated rings. The molecule has 0 aromatic heterocycles. The predicted octanol–water partition coefficient (Wildman–Crippen LogP) is 0.995. The zero-order valence-electron chi connectivity index (χ0n) is 27.1. The topological polar surface area (TPSA) is 152 Å². The summed E-state index contributed by atoms with van der Waals surface area (Å²) >= 11 is 0. The van der Waals surface area contributed by atoms with Crippen LogP contribution in [-0.4, -0.2) is 135 Å². The number of nitrogens with one attached hydrogen (secondary N) is 3. The Kier molecular flexibility index (Phi) is 26.3. The summed E-state index contributed by atoms with van der Waals surface area (Å²) < 4.78 is 26.8. The van der Waals surface area contributed by atoms with Crippen molar-refractivity contribution in [2.45, 2.75) is 20.0 Å². The molecule has 1 aromatic rings. The summed E-state index contributed by atoms with van der Waals surface area (Å²) in [6.07, 6.45) is 2.17. The van der Waals surface area contributed by atoms with Crippen molar-refractivity contribution in [3.8, 4) is 0 Å². The number of anilines is 1. The van der Waals surface area contributed by atoms with Crippen LogP contribution in [0, 0.1) is 0 Å². The quantitative estimate of drug-likeness (QED) is 0.0519. The number of ether oxygens (including phenoxy) is 5. The van der Waals surface area contributed by atoms with Gasteiger partial charge in [-0.25, -0.2) is 0 Å². The SMILES string of the molecule is C=NN(CCOCCOCCOCCOCCC(=O)NCCN(C)C)/C(=C\C)CNC(=O)c1cc(NC)ccc1CO[C-]=O.[Y]. The summed E-state index contributed by atoms with van der Waals surface area (Å²) in [5.41, 5.74) is 2.43. The minimum Gasteiger partial charge on any atom is -0.650 e. The number of likely N-dealkylation sites (N-methyl/N-ethyl adjacent to an activating group) is 1. The average Bonchev–Trinajstić information content (AvgIpc) is 3.02. The van der Waals surface area contributed by atoms with E-state index in [4.69, 9.17) is 23.7 Å². The van der Waals surface area contributed by atoms with Gasteiger partial charge in [-0.2, -0.15) is 5.10 Å². The Bertz CT molecular complexity index is 1010. The number of hydrogen-bond donors (Lipinski definition) is 3. The Morgan fingerprint density at radius 2 is 1.58 bits per heavy atom. The van der Waals surface area contributed by atoms with Gasteiger partial charge in [0.2, 0.25) is 5.91 Å². The number of rotatable bonds is 27. The molecule has 14 nitrogen and oxygen atoms in total. The van der Waals surface area contributed by atoms with Gasteiger partial charge in [-0.15, -0.1) is 0 Å². The van der Waals surface area contributed by atoms with Crippen molar-refractivity contribution in [3.63, 3.8) is 0 Å². The van der Waals surface area contributed by atoms with E-state index in [9.17, 15) is 14.4 Å². The van der Waals surface area contributed by atoms with Crippen molar-refractivity contribution < 1.29 is 70.8 Å². The monoisotopic (exact) mass is 710 g/mol. The molecule has 0 saturated heterocycles. The molecule has 0 spiro atoms.